The third-order valence-corrected chi connectivity index (χ3v) is 5.16. The monoisotopic (exact) mass is 391 g/mol. The predicted molar refractivity (Wildman–Crippen MR) is 108 cm³/mol. The largest absolute Gasteiger partial charge is 0.394 e. The zero-order chi connectivity index (χ0) is 20.8. The molecule has 0 unspecified atom stereocenters. The smallest absolute Gasteiger partial charge is 0.318 e. The SMILES string of the molecule is COCC(=O)N(C[C@@H]1[C@@H](c2ccccc2)[C@@H](CO)N1C(=O)NC(C)C)C(C)C. The van der Waals surface area contributed by atoms with E-state index in [0.717, 1.165) is 5.56 Å². The fourth-order valence-corrected chi connectivity index (χ4v) is 3.90. The van der Waals surface area contributed by atoms with Gasteiger partial charge in [-0.3, -0.25) is 4.79 Å². The second-order valence-corrected chi connectivity index (χ2v) is 7.84. The highest BCUT2D eigenvalue weighted by Gasteiger charge is 2.52. The summed E-state index contributed by atoms with van der Waals surface area (Å²) >= 11 is 0. The first-order valence-electron chi connectivity index (χ1n) is 9.84. The molecule has 0 aliphatic carbocycles. The third-order valence-electron chi connectivity index (χ3n) is 5.16. The third kappa shape index (κ3) is 4.83. The molecule has 2 rings (SSSR count). The van der Waals surface area contributed by atoms with Gasteiger partial charge in [0.2, 0.25) is 5.91 Å². The topological polar surface area (TPSA) is 82.1 Å². The Kier molecular flexibility index (Phi) is 7.83. The maximum atomic E-state index is 12.8. The number of nitrogens with one attached hydrogen (secondary N) is 1. The second-order valence-electron chi connectivity index (χ2n) is 7.84. The molecular formula is C21H33N3O4. The van der Waals surface area contributed by atoms with Crippen molar-refractivity contribution in [2.45, 2.75) is 57.8 Å². The van der Waals surface area contributed by atoms with E-state index >= 15 is 0 Å². The van der Waals surface area contributed by atoms with E-state index < -0.39 is 0 Å². The van der Waals surface area contributed by atoms with Crippen LogP contribution in [0.4, 0.5) is 4.79 Å². The quantitative estimate of drug-likeness (QED) is 0.708. The zero-order valence-electron chi connectivity index (χ0n) is 17.5. The highest BCUT2D eigenvalue weighted by Crippen LogP contribution is 2.41. The number of methoxy groups -OCH3 is 1. The standard InChI is InChI=1S/C21H33N3O4/c1-14(2)22-21(27)24-17(11-23(15(3)4)19(26)13-28-5)20(18(24)12-25)16-9-7-6-8-10-16/h6-10,14-15,17-18,20,25H,11-13H2,1-5H3,(H,22,27)/t17-,18-,20-/m1/s1. The summed E-state index contributed by atoms with van der Waals surface area (Å²) in [5.41, 5.74) is 1.06. The van der Waals surface area contributed by atoms with Gasteiger partial charge in [-0.15, -0.1) is 0 Å². The molecule has 1 aromatic carbocycles. The van der Waals surface area contributed by atoms with Crippen LogP contribution >= 0.6 is 0 Å². The molecule has 3 amide bonds. The number of likely N-dealkylation sites (tertiary alicyclic amines) is 1. The maximum Gasteiger partial charge on any atom is 0.318 e. The van der Waals surface area contributed by atoms with Crippen molar-refractivity contribution in [3.63, 3.8) is 0 Å². The molecule has 1 fully saturated rings. The molecule has 1 aromatic rings. The lowest BCUT2D eigenvalue weighted by Crippen LogP contribution is -2.71. The average molecular weight is 392 g/mol. The van der Waals surface area contributed by atoms with E-state index in [9.17, 15) is 14.7 Å². The Morgan fingerprint density at radius 3 is 2.32 bits per heavy atom. The van der Waals surface area contributed by atoms with Crippen LogP contribution < -0.4 is 5.32 Å². The van der Waals surface area contributed by atoms with Gasteiger partial charge < -0.3 is 25.0 Å². The Balaban J connectivity index is 2.33. The van der Waals surface area contributed by atoms with Crippen LogP contribution in [0.5, 0.6) is 0 Å². The van der Waals surface area contributed by atoms with Gasteiger partial charge in [0.25, 0.3) is 0 Å². The molecule has 0 spiro atoms. The summed E-state index contributed by atoms with van der Waals surface area (Å²) < 4.78 is 5.02. The summed E-state index contributed by atoms with van der Waals surface area (Å²) in [6.07, 6.45) is 0. The summed E-state index contributed by atoms with van der Waals surface area (Å²) in [5, 5.41) is 12.9. The summed E-state index contributed by atoms with van der Waals surface area (Å²) in [6, 6.07) is 9.07. The van der Waals surface area contributed by atoms with Crippen molar-refractivity contribution in [3.05, 3.63) is 35.9 Å². The van der Waals surface area contributed by atoms with Crippen molar-refractivity contribution in [1.29, 1.82) is 0 Å². The molecule has 1 saturated heterocycles. The van der Waals surface area contributed by atoms with Gasteiger partial charge in [-0.25, -0.2) is 4.79 Å². The van der Waals surface area contributed by atoms with Gasteiger partial charge in [0.1, 0.15) is 6.61 Å². The number of rotatable bonds is 8. The van der Waals surface area contributed by atoms with Crippen LogP contribution in [-0.4, -0.2) is 77.9 Å². The lowest BCUT2D eigenvalue weighted by Gasteiger charge is -2.56. The Bertz CT molecular complexity index is 650. The molecule has 1 heterocycles. The van der Waals surface area contributed by atoms with E-state index in [1.807, 2.05) is 58.0 Å². The molecule has 7 nitrogen and oxygen atoms in total. The van der Waals surface area contributed by atoms with E-state index in [1.165, 1.54) is 7.11 Å². The van der Waals surface area contributed by atoms with E-state index in [0.29, 0.717) is 6.54 Å². The number of carbonyl (C=O) groups is 2. The van der Waals surface area contributed by atoms with E-state index in [4.69, 9.17) is 4.74 Å². The Hall–Kier alpha value is -2.12. The number of ether oxygens (including phenoxy) is 1. The number of carbonyl (C=O) groups excluding carboxylic acids is 2. The molecule has 156 valence electrons. The van der Waals surface area contributed by atoms with Crippen LogP contribution in [0.3, 0.4) is 0 Å². The normalized spacial score (nSPS) is 21.6. The van der Waals surface area contributed by atoms with Crippen LogP contribution in [0, 0.1) is 0 Å². The molecule has 0 saturated carbocycles. The first-order chi connectivity index (χ1) is 13.3. The van der Waals surface area contributed by atoms with Crippen molar-refractivity contribution < 1.29 is 19.4 Å². The molecule has 1 aliphatic rings. The number of benzene rings is 1. The van der Waals surface area contributed by atoms with Gasteiger partial charge in [-0.05, 0) is 33.3 Å². The fourth-order valence-electron chi connectivity index (χ4n) is 3.90. The van der Waals surface area contributed by atoms with Crippen molar-refractivity contribution in [3.8, 4) is 0 Å². The number of aliphatic hydroxyl groups excluding tert-OH is 1. The Labute approximate surface area is 167 Å². The van der Waals surface area contributed by atoms with E-state index in [1.54, 1.807) is 9.80 Å². The van der Waals surface area contributed by atoms with Gasteiger partial charge in [-0.1, -0.05) is 30.3 Å². The van der Waals surface area contributed by atoms with Crippen molar-refractivity contribution in [2.75, 3.05) is 26.9 Å². The highest BCUT2D eigenvalue weighted by atomic mass is 16.5. The van der Waals surface area contributed by atoms with Crippen molar-refractivity contribution in [1.82, 2.24) is 15.1 Å². The number of aliphatic hydroxyl groups is 1. The number of amides is 3. The molecule has 0 bridgehead atoms. The molecule has 3 atom stereocenters. The van der Waals surface area contributed by atoms with Gasteiger partial charge in [0, 0.05) is 31.7 Å². The minimum Gasteiger partial charge on any atom is -0.394 e. The van der Waals surface area contributed by atoms with Crippen LogP contribution in [0.1, 0.15) is 39.2 Å². The molecule has 1 aliphatic heterocycles. The lowest BCUT2D eigenvalue weighted by atomic mass is 9.75. The van der Waals surface area contributed by atoms with Gasteiger partial charge in [-0.2, -0.15) is 0 Å². The van der Waals surface area contributed by atoms with E-state index in [-0.39, 0.29) is 55.2 Å². The molecule has 28 heavy (non-hydrogen) atoms. The summed E-state index contributed by atoms with van der Waals surface area (Å²) in [7, 11) is 1.50. The lowest BCUT2D eigenvalue weighted by molar-refractivity contribution is -0.139. The first kappa shape index (κ1) is 22.2. The van der Waals surface area contributed by atoms with Crippen molar-refractivity contribution in [2.24, 2.45) is 0 Å². The highest BCUT2D eigenvalue weighted by molar-refractivity contribution is 5.79. The molecular weight excluding hydrogens is 358 g/mol. The zero-order valence-corrected chi connectivity index (χ0v) is 17.5. The second kappa shape index (κ2) is 9.89. The molecule has 0 aromatic heterocycles. The first-order valence-corrected chi connectivity index (χ1v) is 9.84. The number of urea groups is 1. The van der Waals surface area contributed by atoms with Crippen LogP contribution in [0.2, 0.25) is 0 Å². The molecule has 7 heteroatoms. The van der Waals surface area contributed by atoms with Crippen LogP contribution in [-0.2, 0) is 9.53 Å². The van der Waals surface area contributed by atoms with E-state index in [2.05, 4.69) is 5.32 Å². The summed E-state index contributed by atoms with van der Waals surface area (Å²) in [6.45, 7) is 7.96. The Morgan fingerprint density at radius 1 is 1.18 bits per heavy atom. The molecule has 0 radical (unpaired) electrons. The fraction of sp³-hybridized carbons (Fsp3) is 0.619. The summed E-state index contributed by atoms with van der Waals surface area (Å²) in [5.74, 6) is -0.151. The summed E-state index contributed by atoms with van der Waals surface area (Å²) in [4.78, 5) is 28.8. The van der Waals surface area contributed by atoms with Crippen molar-refractivity contribution >= 4 is 11.9 Å². The minimum absolute atomic E-state index is 0.00250. The van der Waals surface area contributed by atoms with Crippen LogP contribution in [0.15, 0.2) is 30.3 Å². The number of hydrogen-bond donors (Lipinski definition) is 2. The maximum absolute atomic E-state index is 12.8. The number of hydrogen-bond acceptors (Lipinski definition) is 4. The van der Waals surface area contributed by atoms with Gasteiger partial charge >= 0.3 is 6.03 Å². The number of nitrogens with zero attached hydrogens (tertiary/aromatic N) is 2. The van der Waals surface area contributed by atoms with Gasteiger partial charge in [0.05, 0.1) is 18.7 Å². The Morgan fingerprint density at radius 2 is 1.82 bits per heavy atom. The van der Waals surface area contributed by atoms with Crippen LogP contribution in [0.25, 0.3) is 0 Å². The predicted octanol–water partition coefficient (Wildman–Crippen LogP) is 1.82. The average Bonchev–Trinajstić information content (AvgIpc) is 2.61. The van der Waals surface area contributed by atoms with Gasteiger partial charge in [0.15, 0.2) is 0 Å². The molecule has 2 N–H and O–H groups in total. The minimum atomic E-state index is -0.322.